The smallest absolute Gasteiger partial charge is 0.0721 e. The van der Waals surface area contributed by atoms with Crippen LogP contribution >= 0.6 is 36.6 Å². The van der Waals surface area contributed by atoms with Gasteiger partial charge in [-0.25, -0.2) is 0 Å². The van der Waals surface area contributed by atoms with Gasteiger partial charge in [0.15, 0.2) is 0 Å². The lowest BCUT2D eigenvalue weighted by Gasteiger charge is -1.99. The minimum absolute atomic E-state index is 0. The molecule has 3 N–H and O–H groups in total. The largest absolute Gasteiger partial charge is 0.397 e. The molecule has 0 radical (unpaired) electrons. The number of benzene rings is 1. The molecule has 0 aliphatic heterocycles. The average molecular weight is 216 g/mol. The average Bonchev–Trinajstić information content (AvgIpc) is 1.89. The maximum Gasteiger partial charge on any atom is 0.0721 e. The third-order valence-electron chi connectivity index (χ3n) is 1.06. The molecule has 11 heavy (non-hydrogen) atoms. The van der Waals surface area contributed by atoms with Gasteiger partial charge < -0.3 is 5.73 Å². The normalized spacial score (nSPS) is 7.36. The van der Waals surface area contributed by atoms with Crippen LogP contribution in [-0.4, -0.2) is 0 Å². The zero-order valence-electron chi connectivity index (χ0n) is 5.58. The Bertz CT molecular complexity index is 205. The van der Waals surface area contributed by atoms with E-state index in [0.29, 0.717) is 5.69 Å². The minimum atomic E-state index is 0. The number of hydrogen-bond donors (Lipinski definition) is 2. The van der Waals surface area contributed by atoms with Gasteiger partial charge in [0, 0.05) is 11.8 Å². The summed E-state index contributed by atoms with van der Waals surface area (Å²) in [7, 11) is 0. The van der Waals surface area contributed by atoms with Crippen LogP contribution in [-0.2, 0) is 0 Å². The van der Waals surface area contributed by atoms with Gasteiger partial charge in [0.1, 0.15) is 0 Å². The highest BCUT2D eigenvalue weighted by Crippen LogP contribution is 2.16. The molecule has 2 nitrogen and oxygen atoms in total. The summed E-state index contributed by atoms with van der Waals surface area (Å²) in [6, 6.07) is 7.31. The Balaban J connectivity index is 0. The Morgan fingerprint density at radius 3 is 2.09 bits per heavy atom. The van der Waals surface area contributed by atoms with Gasteiger partial charge in [-0.2, -0.15) is 0 Å². The summed E-state index contributed by atoms with van der Waals surface area (Å²) in [5, 5.41) is 0. The third-order valence-corrected chi connectivity index (χ3v) is 1.27. The molecule has 1 aromatic carbocycles. The second kappa shape index (κ2) is 6.40. The molecule has 0 spiro atoms. The molecule has 5 heteroatoms. The molecule has 0 aliphatic rings. The number of para-hydroxylation sites is 2. The molecule has 0 atom stereocenters. The highest BCUT2D eigenvalue weighted by Gasteiger charge is 1.90. The van der Waals surface area contributed by atoms with Crippen LogP contribution in [0.3, 0.4) is 0 Å². The first-order valence-electron chi connectivity index (χ1n) is 2.56. The number of nitrogens with one attached hydrogen (secondary N) is 1. The van der Waals surface area contributed by atoms with E-state index in [1.165, 1.54) is 0 Å². The Morgan fingerprint density at radius 2 is 1.73 bits per heavy atom. The Morgan fingerprint density at radius 1 is 1.18 bits per heavy atom. The summed E-state index contributed by atoms with van der Waals surface area (Å²) < 4.78 is 0. The predicted octanol–water partition coefficient (Wildman–Crippen LogP) is 2.68. The monoisotopic (exact) mass is 214 g/mol. The van der Waals surface area contributed by atoms with Crippen LogP contribution in [0.4, 0.5) is 11.4 Å². The van der Waals surface area contributed by atoms with E-state index in [-0.39, 0.29) is 24.8 Å². The number of rotatable bonds is 1. The van der Waals surface area contributed by atoms with Crippen molar-refractivity contribution in [3.05, 3.63) is 24.3 Å². The first kappa shape index (κ1) is 13.3. The highest BCUT2D eigenvalue weighted by atomic mass is 35.5. The number of anilines is 2. The predicted molar refractivity (Wildman–Crippen MR) is 54.8 cm³/mol. The molecule has 1 aromatic rings. The van der Waals surface area contributed by atoms with E-state index in [2.05, 4.69) is 4.84 Å². The van der Waals surface area contributed by atoms with Gasteiger partial charge in [0.05, 0.1) is 11.4 Å². The second-order valence-corrected chi connectivity index (χ2v) is 1.87. The van der Waals surface area contributed by atoms with E-state index in [0.717, 1.165) is 5.69 Å². The van der Waals surface area contributed by atoms with Crippen molar-refractivity contribution in [1.82, 2.24) is 0 Å². The molecule has 0 heterocycles. The first-order valence-corrected chi connectivity index (χ1v) is 2.93. The zero-order valence-corrected chi connectivity index (χ0v) is 7.97. The number of nitrogens with two attached hydrogens (primary N) is 1. The molecule has 0 fully saturated rings. The highest BCUT2D eigenvalue weighted by molar-refractivity contribution is 6.24. The molecule has 0 aromatic heterocycles. The van der Waals surface area contributed by atoms with Crippen LogP contribution in [0.25, 0.3) is 0 Å². The van der Waals surface area contributed by atoms with Crippen LogP contribution in [0.5, 0.6) is 0 Å². The summed E-state index contributed by atoms with van der Waals surface area (Å²) in [4.78, 5) is 2.44. The summed E-state index contributed by atoms with van der Waals surface area (Å²) in [6.45, 7) is 0. The van der Waals surface area contributed by atoms with E-state index in [1.807, 2.05) is 18.2 Å². The zero-order chi connectivity index (χ0) is 6.69. The van der Waals surface area contributed by atoms with Gasteiger partial charge in [-0.05, 0) is 12.1 Å². The number of hydrogen-bond acceptors (Lipinski definition) is 2. The third kappa shape index (κ3) is 3.56. The molecule has 0 aliphatic carbocycles. The Labute approximate surface area is 83.0 Å². The van der Waals surface area contributed by atoms with Crippen LogP contribution in [0.1, 0.15) is 0 Å². The lowest BCUT2D eigenvalue weighted by atomic mass is 10.3. The lowest BCUT2D eigenvalue weighted by molar-refractivity contribution is 1.66. The van der Waals surface area contributed by atoms with E-state index < -0.39 is 0 Å². The summed E-state index contributed by atoms with van der Waals surface area (Å²) in [6.07, 6.45) is 0. The van der Waals surface area contributed by atoms with Crippen molar-refractivity contribution in [2.75, 3.05) is 10.6 Å². The summed E-state index contributed by atoms with van der Waals surface area (Å²) in [5.74, 6) is 0. The van der Waals surface area contributed by atoms with Crippen molar-refractivity contribution in [1.29, 1.82) is 0 Å². The van der Waals surface area contributed by atoms with Gasteiger partial charge in [-0.1, -0.05) is 12.1 Å². The van der Waals surface area contributed by atoms with Gasteiger partial charge in [-0.15, -0.1) is 24.8 Å². The fourth-order valence-corrected chi connectivity index (χ4v) is 0.755. The molecular weight excluding hydrogens is 206 g/mol. The van der Waals surface area contributed by atoms with Crippen molar-refractivity contribution in [3.8, 4) is 0 Å². The van der Waals surface area contributed by atoms with Gasteiger partial charge in [0.25, 0.3) is 0 Å². The quantitative estimate of drug-likeness (QED) is 0.558. The maximum absolute atomic E-state index is 5.48. The molecule has 0 bridgehead atoms. The van der Waals surface area contributed by atoms with E-state index >= 15 is 0 Å². The fraction of sp³-hybridized carbons (Fsp3) is 0. The number of halogens is 3. The van der Waals surface area contributed by atoms with E-state index in [4.69, 9.17) is 17.5 Å². The molecule has 1 rings (SSSR count). The van der Waals surface area contributed by atoms with Crippen molar-refractivity contribution in [3.63, 3.8) is 0 Å². The van der Waals surface area contributed by atoms with Crippen molar-refractivity contribution >= 4 is 48.0 Å². The fourth-order valence-electron chi connectivity index (χ4n) is 0.583. The van der Waals surface area contributed by atoms with Gasteiger partial charge >= 0.3 is 0 Å². The second-order valence-electron chi connectivity index (χ2n) is 1.68. The maximum atomic E-state index is 5.48. The standard InChI is InChI=1S/C6H7ClN2.2ClH/c7-9-6-4-2-1-3-5(6)8;;/h1-4,9H,8H2;2*1H. The van der Waals surface area contributed by atoms with Crippen LogP contribution < -0.4 is 10.6 Å². The van der Waals surface area contributed by atoms with Crippen LogP contribution in [0.2, 0.25) is 0 Å². The Hall–Kier alpha value is -0.310. The molecule has 0 unspecified atom stereocenters. The van der Waals surface area contributed by atoms with E-state index in [9.17, 15) is 0 Å². The number of nitrogen functional groups attached to an aromatic ring is 1. The topological polar surface area (TPSA) is 38.0 Å². The van der Waals surface area contributed by atoms with Crippen LogP contribution in [0.15, 0.2) is 24.3 Å². The van der Waals surface area contributed by atoms with Crippen molar-refractivity contribution in [2.45, 2.75) is 0 Å². The molecular formula is C6H9Cl3N2. The van der Waals surface area contributed by atoms with Crippen molar-refractivity contribution < 1.29 is 0 Å². The summed E-state index contributed by atoms with van der Waals surface area (Å²) in [5.41, 5.74) is 6.89. The summed E-state index contributed by atoms with van der Waals surface area (Å²) >= 11 is 5.30. The van der Waals surface area contributed by atoms with Crippen molar-refractivity contribution in [2.24, 2.45) is 0 Å². The minimum Gasteiger partial charge on any atom is -0.397 e. The molecule has 64 valence electrons. The lowest BCUT2D eigenvalue weighted by Crippen LogP contribution is -1.89. The van der Waals surface area contributed by atoms with Crippen LogP contribution in [0, 0.1) is 0 Å². The van der Waals surface area contributed by atoms with Gasteiger partial charge in [-0.3, -0.25) is 4.84 Å². The Kier molecular flexibility index (Phi) is 7.74. The molecule has 0 amide bonds. The first-order chi connectivity index (χ1) is 4.34. The SMILES string of the molecule is Cl.Cl.Nc1ccccc1NCl. The molecule has 0 saturated heterocycles. The van der Waals surface area contributed by atoms with E-state index in [1.54, 1.807) is 6.07 Å². The molecule has 0 saturated carbocycles. The van der Waals surface area contributed by atoms with Gasteiger partial charge in [0.2, 0.25) is 0 Å².